The Morgan fingerprint density at radius 3 is 2.85 bits per heavy atom. The number of carbonyl (C=O) groups excluding carboxylic acids is 1. The van der Waals surface area contributed by atoms with Gasteiger partial charge in [-0.25, -0.2) is 4.79 Å². The lowest BCUT2D eigenvalue weighted by atomic mass is 9.85. The summed E-state index contributed by atoms with van der Waals surface area (Å²) in [6.45, 7) is 0.967. The van der Waals surface area contributed by atoms with Gasteiger partial charge in [0.1, 0.15) is 0 Å². The summed E-state index contributed by atoms with van der Waals surface area (Å²) < 4.78 is 0. The fourth-order valence-electron chi connectivity index (χ4n) is 2.80. The first kappa shape index (κ1) is 8.85. The fraction of sp³-hybridized carbons (Fsp3) is 0.900. The molecule has 2 amide bonds. The molecule has 1 saturated carbocycles. The first-order chi connectivity index (χ1) is 6.33. The standard InChI is InChI=1S/C10H18N2O/c1-11-10(13)12-7-6-8-4-2-3-5-9(8)12/h8-9H,2-7H2,1H3,(H,11,13)/t8-,9-/m1/s1. The van der Waals surface area contributed by atoms with Gasteiger partial charge in [-0.3, -0.25) is 0 Å². The molecule has 0 aromatic carbocycles. The van der Waals surface area contributed by atoms with Gasteiger partial charge >= 0.3 is 6.03 Å². The number of carbonyl (C=O) groups is 1. The van der Waals surface area contributed by atoms with Crippen LogP contribution in [0.2, 0.25) is 0 Å². The van der Waals surface area contributed by atoms with E-state index in [1.54, 1.807) is 7.05 Å². The van der Waals surface area contributed by atoms with Gasteiger partial charge in [-0.15, -0.1) is 0 Å². The summed E-state index contributed by atoms with van der Waals surface area (Å²) in [5.41, 5.74) is 0. The van der Waals surface area contributed by atoms with Crippen LogP contribution in [-0.2, 0) is 0 Å². The van der Waals surface area contributed by atoms with Gasteiger partial charge < -0.3 is 10.2 Å². The zero-order valence-electron chi connectivity index (χ0n) is 8.25. The first-order valence-corrected chi connectivity index (χ1v) is 5.31. The fourth-order valence-corrected chi connectivity index (χ4v) is 2.80. The van der Waals surface area contributed by atoms with E-state index in [9.17, 15) is 4.79 Å². The summed E-state index contributed by atoms with van der Waals surface area (Å²) in [5, 5.41) is 2.73. The monoisotopic (exact) mass is 182 g/mol. The van der Waals surface area contributed by atoms with Crippen LogP contribution in [0.3, 0.4) is 0 Å². The van der Waals surface area contributed by atoms with Crippen molar-refractivity contribution in [3.05, 3.63) is 0 Å². The number of hydrogen-bond acceptors (Lipinski definition) is 1. The van der Waals surface area contributed by atoms with Crippen LogP contribution in [0.1, 0.15) is 32.1 Å². The third kappa shape index (κ3) is 1.52. The minimum absolute atomic E-state index is 0.120. The highest BCUT2D eigenvalue weighted by Gasteiger charge is 2.37. The summed E-state index contributed by atoms with van der Waals surface area (Å²) in [5.74, 6) is 0.797. The van der Waals surface area contributed by atoms with Crippen molar-refractivity contribution < 1.29 is 4.79 Å². The van der Waals surface area contributed by atoms with E-state index in [2.05, 4.69) is 5.32 Å². The molecule has 2 rings (SSSR count). The zero-order chi connectivity index (χ0) is 9.26. The van der Waals surface area contributed by atoms with Crippen molar-refractivity contribution in [2.45, 2.75) is 38.1 Å². The van der Waals surface area contributed by atoms with Crippen LogP contribution in [0.4, 0.5) is 4.79 Å². The van der Waals surface area contributed by atoms with E-state index in [4.69, 9.17) is 0 Å². The molecule has 74 valence electrons. The largest absolute Gasteiger partial charge is 0.341 e. The molecule has 0 aromatic heterocycles. The van der Waals surface area contributed by atoms with E-state index in [1.807, 2.05) is 4.90 Å². The number of fused-ring (bicyclic) bond motifs is 1. The lowest BCUT2D eigenvalue weighted by Gasteiger charge is -2.31. The second-order valence-electron chi connectivity index (χ2n) is 4.15. The smallest absolute Gasteiger partial charge is 0.317 e. The van der Waals surface area contributed by atoms with Crippen LogP contribution in [0.15, 0.2) is 0 Å². The molecule has 1 heterocycles. The van der Waals surface area contributed by atoms with E-state index in [1.165, 1.54) is 32.1 Å². The van der Waals surface area contributed by atoms with Gasteiger partial charge in [-0.1, -0.05) is 12.8 Å². The maximum Gasteiger partial charge on any atom is 0.317 e. The number of nitrogens with zero attached hydrogens (tertiary/aromatic N) is 1. The molecule has 13 heavy (non-hydrogen) atoms. The van der Waals surface area contributed by atoms with Crippen LogP contribution in [0.5, 0.6) is 0 Å². The second kappa shape index (κ2) is 3.56. The van der Waals surface area contributed by atoms with Crippen LogP contribution < -0.4 is 5.32 Å². The van der Waals surface area contributed by atoms with E-state index < -0.39 is 0 Å². The minimum Gasteiger partial charge on any atom is -0.341 e. The van der Waals surface area contributed by atoms with Crippen molar-refractivity contribution in [2.75, 3.05) is 13.6 Å². The van der Waals surface area contributed by atoms with E-state index in [0.717, 1.165) is 12.5 Å². The van der Waals surface area contributed by atoms with Gasteiger partial charge in [0.25, 0.3) is 0 Å². The topological polar surface area (TPSA) is 32.3 Å². The van der Waals surface area contributed by atoms with Crippen molar-refractivity contribution in [1.82, 2.24) is 10.2 Å². The normalized spacial score (nSPS) is 32.8. The first-order valence-electron chi connectivity index (χ1n) is 5.31. The van der Waals surface area contributed by atoms with Crippen molar-refractivity contribution in [1.29, 1.82) is 0 Å². The number of urea groups is 1. The van der Waals surface area contributed by atoms with E-state index in [0.29, 0.717) is 6.04 Å². The number of likely N-dealkylation sites (tertiary alicyclic amines) is 1. The molecular weight excluding hydrogens is 164 g/mol. The number of amides is 2. The molecule has 2 fully saturated rings. The molecule has 3 nitrogen and oxygen atoms in total. The average Bonchev–Trinajstić information content (AvgIpc) is 2.60. The number of hydrogen-bond donors (Lipinski definition) is 1. The summed E-state index contributed by atoms with van der Waals surface area (Å²) in [6, 6.07) is 0.670. The highest BCUT2D eigenvalue weighted by Crippen LogP contribution is 2.35. The Labute approximate surface area is 79.5 Å². The van der Waals surface area contributed by atoms with Gasteiger partial charge in [0, 0.05) is 19.6 Å². The molecule has 0 aromatic rings. The molecule has 2 aliphatic rings. The maximum atomic E-state index is 11.5. The van der Waals surface area contributed by atoms with Crippen LogP contribution in [-0.4, -0.2) is 30.6 Å². The van der Waals surface area contributed by atoms with E-state index in [-0.39, 0.29) is 6.03 Å². The highest BCUT2D eigenvalue weighted by atomic mass is 16.2. The van der Waals surface area contributed by atoms with Crippen LogP contribution in [0.25, 0.3) is 0 Å². The third-order valence-electron chi connectivity index (χ3n) is 3.48. The lowest BCUT2D eigenvalue weighted by molar-refractivity contribution is 0.172. The average molecular weight is 182 g/mol. The Balaban J connectivity index is 2.02. The molecule has 0 bridgehead atoms. The lowest BCUT2D eigenvalue weighted by Crippen LogP contribution is -2.43. The Kier molecular flexibility index (Phi) is 2.42. The minimum atomic E-state index is 0.120. The summed E-state index contributed by atoms with van der Waals surface area (Å²) in [4.78, 5) is 13.5. The SMILES string of the molecule is CNC(=O)N1CC[C@H]2CCCC[C@H]21. The summed E-state index contributed by atoms with van der Waals surface area (Å²) in [6.07, 6.45) is 6.44. The summed E-state index contributed by atoms with van der Waals surface area (Å²) >= 11 is 0. The van der Waals surface area contributed by atoms with Crippen molar-refractivity contribution in [3.63, 3.8) is 0 Å². The van der Waals surface area contributed by atoms with Gasteiger partial charge in [-0.2, -0.15) is 0 Å². The molecule has 1 saturated heterocycles. The number of rotatable bonds is 0. The Bertz CT molecular complexity index is 205. The molecule has 2 atom stereocenters. The number of nitrogens with one attached hydrogen (secondary N) is 1. The molecule has 0 radical (unpaired) electrons. The quantitative estimate of drug-likeness (QED) is 0.606. The molecule has 1 N–H and O–H groups in total. The Morgan fingerprint density at radius 2 is 2.08 bits per heavy atom. The van der Waals surface area contributed by atoms with Gasteiger partial charge in [0.05, 0.1) is 0 Å². The predicted molar refractivity (Wildman–Crippen MR) is 51.5 cm³/mol. The highest BCUT2D eigenvalue weighted by molar-refractivity contribution is 5.74. The molecule has 0 unspecified atom stereocenters. The molecule has 1 aliphatic carbocycles. The van der Waals surface area contributed by atoms with Gasteiger partial charge in [0.15, 0.2) is 0 Å². The zero-order valence-corrected chi connectivity index (χ0v) is 8.25. The Hall–Kier alpha value is -0.730. The van der Waals surface area contributed by atoms with E-state index >= 15 is 0 Å². The summed E-state index contributed by atoms with van der Waals surface area (Å²) in [7, 11) is 1.72. The van der Waals surface area contributed by atoms with Crippen LogP contribution in [0, 0.1) is 5.92 Å². The van der Waals surface area contributed by atoms with Crippen molar-refractivity contribution >= 4 is 6.03 Å². The van der Waals surface area contributed by atoms with Crippen molar-refractivity contribution in [2.24, 2.45) is 5.92 Å². The predicted octanol–water partition coefficient (Wildman–Crippen LogP) is 1.59. The Morgan fingerprint density at radius 1 is 1.31 bits per heavy atom. The molecule has 3 heteroatoms. The van der Waals surface area contributed by atoms with Gasteiger partial charge in [0.2, 0.25) is 0 Å². The van der Waals surface area contributed by atoms with Crippen molar-refractivity contribution in [3.8, 4) is 0 Å². The second-order valence-corrected chi connectivity index (χ2v) is 4.15. The molecule has 0 spiro atoms. The molecule has 1 aliphatic heterocycles. The van der Waals surface area contributed by atoms with Crippen LogP contribution >= 0.6 is 0 Å². The molecular formula is C10H18N2O. The maximum absolute atomic E-state index is 11.5. The van der Waals surface area contributed by atoms with Gasteiger partial charge in [-0.05, 0) is 25.2 Å². The third-order valence-corrected chi connectivity index (χ3v) is 3.48.